The molecule has 1 aromatic heterocycles. The van der Waals surface area contributed by atoms with Crippen LogP contribution in [0.25, 0.3) is 10.9 Å². The van der Waals surface area contributed by atoms with E-state index in [1.165, 1.54) is 58.8 Å². The number of amides is 3. The van der Waals surface area contributed by atoms with Crippen LogP contribution in [0.15, 0.2) is 42.6 Å². The van der Waals surface area contributed by atoms with Crippen LogP contribution >= 0.6 is 0 Å². The number of para-hydroxylation sites is 1. The molecule has 276 valence electrons. The lowest BCUT2D eigenvalue weighted by Gasteiger charge is -2.36. The number of ether oxygens (including phenoxy) is 1. The number of carbonyl (C=O) groups is 3. The minimum atomic E-state index is -4.07. The lowest BCUT2D eigenvalue weighted by atomic mass is 9.99. The van der Waals surface area contributed by atoms with E-state index in [4.69, 9.17) is 4.74 Å². The molecule has 2 rings (SSSR count). The zero-order valence-corrected chi connectivity index (χ0v) is 31.6. The summed E-state index contributed by atoms with van der Waals surface area (Å²) in [5, 5.41) is 6.55. The number of rotatable bonds is 25. The number of sulfonamides is 1. The van der Waals surface area contributed by atoms with E-state index in [0.717, 1.165) is 40.4 Å². The van der Waals surface area contributed by atoms with Crippen molar-refractivity contribution in [1.29, 1.82) is 0 Å². The summed E-state index contributed by atoms with van der Waals surface area (Å²) in [4.78, 5) is 37.8. The van der Waals surface area contributed by atoms with Gasteiger partial charge in [0.25, 0.3) is 0 Å². The van der Waals surface area contributed by atoms with Crippen LogP contribution in [0.4, 0.5) is 4.79 Å². The number of unbranched alkanes of at least 4 members (excludes halogenated alkanes) is 9. The lowest BCUT2D eigenvalue weighted by molar-refractivity contribution is -0.671. The van der Waals surface area contributed by atoms with Gasteiger partial charge in [0.05, 0.1) is 24.4 Å². The monoisotopic (exact) mass is 703 g/mol. The number of aryl methyl sites for hydroxylation is 1. The molecule has 0 saturated heterocycles. The van der Waals surface area contributed by atoms with Crippen LogP contribution in [-0.4, -0.2) is 61.6 Å². The van der Waals surface area contributed by atoms with Gasteiger partial charge in [-0.05, 0) is 30.9 Å². The summed E-state index contributed by atoms with van der Waals surface area (Å²) >= 11 is 0. The first kappa shape index (κ1) is 42.0. The normalized spacial score (nSPS) is 12.9. The maximum atomic E-state index is 13.9. The fourth-order valence-corrected chi connectivity index (χ4v) is 8.10. The number of hydrogen-bond donors (Lipinski definition) is 2. The third kappa shape index (κ3) is 16.4. The summed E-state index contributed by atoms with van der Waals surface area (Å²) in [5.74, 6) is -0.458. The molecule has 11 heteroatoms. The van der Waals surface area contributed by atoms with Gasteiger partial charge in [-0.2, -0.15) is 4.57 Å². The second kappa shape index (κ2) is 23.2. The van der Waals surface area contributed by atoms with Gasteiger partial charge in [0.2, 0.25) is 27.4 Å². The van der Waals surface area contributed by atoms with Crippen molar-refractivity contribution in [3.63, 3.8) is 0 Å². The summed E-state index contributed by atoms with van der Waals surface area (Å²) in [6.45, 7) is 9.64. The van der Waals surface area contributed by atoms with Crippen LogP contribution in [-0.2, 0) is 30.9 Å². The predicted octanol–water partition coefficient (Wildman–Crippen LogP) is 7.04. The predicted molar refractivity (Wildman–Crippen MR) is 196 cm³/mol. The van der Waals surface area contributed by atoms with Gasteiger partial charge in [-0.1, -0.05) is 104 Å². The Bertz CT molecular complexity index is 1380. The second-order valence-electron chi connectivity index (χ2n) is 13.6. The molecule has 2 unspecified atom stereocenters. The molecule has 3 amide bonds. The SMILES string of the molecule is CCCOC(=O)NCC(NC(C)=O)C(CCCCCCCCCCCCC(C)C)N(C(C)=O)S(=O)(=O)CCC[n+]1cccc2ccccc21. The highest BCUT2D eigenvalue weighted by Gasteiger charge is 2.37. The Morgan fingerprint density at radius 3 is 2.02 bits per heavy atom. The smallest absolute Gasteiger partial charge is 0.407 e. The largest absolute Gasteiger partial charge is 0.450 e. The zero-order chi connectivity index (χ0) is 36.1. The van der Waals surface area contributed by atoms with Crippen molar-refractivity contribution in [3.05, 3.63) is 42.6 Å². The number of nitrogens with zero attached hydrogens (tertiary/aromatic N) is 2. The average molecular weight is 704 g/mol. The first-order valence-electron chi connectivity index (χ1n) is 18.5. The molecule has 1 aromatic carbocycles. The molecule has 2 aromatic rings. The van der Waals surface area contributed by atoms with E-state index < -0.39 is 34.1 Å². The summed E-state index contributed by atoms with van der Waals surface area (Å²) in [6.07, 6.45) is 15.1. The Kier molecular flexibility index (Phi) is 19.9. The topological polar surface area (TPSA) is 126 Å². The quantitative estimate of drug-likeness (QED) is 0.0844. The van der Waals surface area contributed by atoms with Gasteiger partial charge in [0.15, 0.2) is 6.20 Å². The van der Waals surface area contributed by atoms with E-state index >= 15 is 0 Å². The van der Waals surface area contributed by atoms with Gasteiger partial charge in [-0.3, -0.25) is 9.59 Å². The molecular formula is C38H63N4O6S+. The van der Waals surface area contributed by atoms with E-state index in [-0.39, 0.29) is 24.8 Å². The molecule has 2 atom stereocenters. The van der Waals surface area contributed by atoms with E-state index in [0.29, 0.717) is 32.2 Å². The molecule has 0 spiro atoms. The maximum Gasteiger partial charge on any atom is 0.407 e. The Labute approximate surface area is 295 Å². The number of benzene rings is 1. The van der Waals surface area contributed by atoms with Crippen molar-refractivity contribution in [3.8, 4) is 0 Å². The number of fused-ring (bicyclic) bond motifs is 1. The summed E-state index contributed by atoms with van der Waals surface area (Å²) < 4.78 is 36.0. The average Bonchev–Trinajstić information content (AvgIpc) is 3.05. The van der Waals surface area contributed by atoms with Gasteiger partial charge < -0.3 is 15.4 Å². The van der Waals surface area contributed by atoms with Crippen molar-refractivity contribution in [2.75, 3.05) is 18.9 Å². The fourth-order valence-electron chi connectivity index (χ4n) is 6.35. The standard InChI is InChI=1S/C38H62N4O6S/c1-6-28-48-38(45)39-30-35(40-32(4)43)37(25-16-14-12-10-8-7-9-11-13-15-21-31(2)3)42(33(5)44)49(46,47)29-20-27-41-26-19-23-34-22-17-18-24-36(34)41/h17-19,22-24,26,31,35,37H,6-16,20-21,25,27-30H2,1-5H3,(H-,39,40,43,45)/p+1. The third-order valence-corrected chi connectivity index (χ3v) is 10.7. The highest BCUT2D eigenvalue weighted by Crippen LogP contribution is 2.21. The van der Waals surface area contributed by atoms with Gasteiger partial charge in [0.1, 0.15) is 6.54 Å². The van der Waals surface area contributed by atoms with Gasteiger partial charge in [-0.15, -0.1) is 0 Å². The van der Waals surface area contributed by atoms with Crippen LogP contribution in [0.3, 0.4) is 0 Å². The summed E-state index contributed by atoms with van der Waals surface area (Å²) in [5.41, 5.74) is 0.997. The summed E-state index contributed by atoms with van der Waals surface area (Å²) in [6, 6.07) is 10.2. The summed E-state index contributed by atoms with van der Waals surface area (Å²) in [7, 11) is -4.07. The number of hydrogen-bond acceptors (Lipinski definition) is 6. The van der Waals surface area contributed by atoms with Crippen LogP contribution in [0.5, 0.6) is 0 Å². The van der Waals surface area contributed by atoms with E-state index in [2.05, 4.69) is 24.5 Å². The number of pyridine rings is 1. The molecule has 0 saturated carbocycles. The van der Waals surface area contributed by atoms with Crippen LogP contribution in [0.2, 0.25) is 0 Å². The van der Waals surface area contributed by atoms with Crippen molar-refractivity contribution in [2.45, 2.75) is 143 Å². The molecule has 0 bridgehead atoms. The highest BCUT2D eigenvalue weighted by atomic mass is 32.2. The Morgan fingerprint density at radius 2 is 1.43 bits per heavy atom. The van der Waals surface area contributed by atoms with Gasteiger partial charge in [-0.25, -0.2) is 17.5 Å². The highest BCUT2D eigenvalue weighted by molar-refractivity contribution is 7.89. The molecule has 1 heterocycles. The zero-order valence-electron chi connectivity index (χ0n) is 30.8. The fraction of sp³-hybridized carbons (Fsp3) is 0.684. The first-order valence-corrected chi connectivity index (χ1v) is 20.1. The van der Waals surface area contributed by atoms with Crippen molar-refractivity contribution >= 4 is 38.8 Å². The van der Waals surface area contributed by atoms with E-state index in [1.54, 1.807) is 0 Å². The third-order valence-electron chi connectivity index (χ3n) is 8.79. The molecule has 0 aliphatic rings. The number of nitrogens with one attached hydrogen (secondary N) is 2. The van der Waals surface area contributed by atoms with Crippen molar-refractivity contribution < 1.29 is 32.1 Å². The van der Waals surface area contributed by atoms with E-state index in [9.17, 15) is 22.8 Å². The number of alkyl carbamates (subject to hydrolysis) is 1. The minimum absolute atomic E-state index is 0.0743. The molecular weight excluding hydrogens is 641 g/mol. The lowest BCUT2D eigenvalue weighted by Crippen LogP contribution is -2.59. The second-order valence-corrected chi connectivity index (χ2v) is 15.6. The number of carbonyl (C=O) groups excluding carboxylic acids is 3. The van der Waals surface area contributed by atoms with Crippen molar-refractivity contribution in [2.24, 2.45) is 5.92 Å². The molecule has 10 nitrogen and oxygen atoms in total. The van der Waals surface area contributed by atoms with Crippen LogP contribution < -0.4 is 15.2 Å². The van der Waals surface area contributed by atoms with Gasteiger partial charge >= 0.3 is 6.09 Å². The van der Waals surface area contributed by atoms with Crippen molar-refractivity contribution in [1.82, 2.24) is 14.9 Å². The molecule has 0 fully saturated rings. The first-order chi connectivity index (χ1) is 23.5. The maximum absolute atomic E-state index is 13.9. The molecule has 0 aliphatic carbocycles. The molecule has 49 heavy (non-hydrogen) atoms. The Balaban J connectivity index is 2.10. The molecule has 0 aliphatic heterocycles. The minimum Gasteiger partial charge on any atom is -0.450 e. The molecule has 2 N–H and O–H groups in total. The number of aromatic nitrogens is 1. The van der Waals surface area contributed by atoms with Crippen LogP contribution in [0.1, 0.15) is 125 Å². The van der Waals surface area contributed by atoms with E-state index in [1.807, 2.05) is 54.1 Å². The Hall–Kier alpha value is -3.21. The molecule has 0 radical (unpaired) electrons. The Morgan fingerprint density at radius 1 is 0.837 bits per heavy atom. The van der Waals surface area contributed by atoms with Crippen LogP contribution in [0, 0.1) is 5.92 Å². The van der Waals surface area contributed by atoms with Gasteiger partial charge in [0, 0.05) is 44.3 Å².